The van der Waals surface area contributed by atoms with Crippen LogP contribution in [0.1, 0.15) is 12.5 Å². The molecular weight excluding hydrogens is 312 g/mol. The molecule has 1 amide bonds. The summed E-state index contributed by atoms with van der Waals surface area (Å²) in [6.45, 7) is 1.10. The molecule has 1 unspecified atom stereocenters. The third-order valence-corrected chi connectivity index (χ3v) is 3.57. The van der Waals surface area contributed by atoms with E-state index in [2.05, 4.69) is 0 Å². The Balaban J connectivity index is 2.86. The fourth-order valence-electron chi connectivity index (χ4n) is 2.50. The number of carbonyl (C=O) groups excluding carboxylic acids is 2. The Hall–Kier alpha value is -3.27. The molecule has 7 nitrogen and oxygen atoms in total. The molecule has 0 radical (unpaired) electrons. The number of ether oxygens (including phenoxy) is 3. The Kier molecular flexibility index (Phi) is 4.60. The first-order chi connectivity index (χ1) is 11.4. The molecule has 2 aromatic rings. The molecule has 0 aliphatic rings. The van der Waals surface area contributed by atoms with Crippen LogP contribution in [0.3, 0.4) is 0 Å². The molecule has 0 aromatic heterocycles. The lowest BCUT2D eigenvalue weighted by Gasteiger charge is -2.24. The van der Waals surface area contributed by atoms with Gasteiger partial charge < -0.3 is 19.9 Å². The highest BCUT2D eigenvalue weighted by Gasteiger charge is 2.44. The van der Waals surface area contributed by atoms with Crippen LogP contribution < -0.4 is 15.2 Å². The molecular formula is C17H16N2O5. The van der Waals surface area contributed by atoms with Crippen molar-refractivity contribution >= 4 is 22.6 Å². The van der Waals surface area contributed by atoms with Gasteiger partial charge in [0, 0.05) is 12.5 Å². The first kappa shape index (κ1) is 17.1. The molecule has 0 aliphatic carbocycles. The highest BCUT2D eigenvalue weighted by atomic mass is 16.6. The summed E-state index contributed by atoms with van der Waals surface area (Å²) in [5, 5.41) is 10.7. The number of nitrogens with zero attached hydrogens (tertiary/aromatic N) is 1. The Morgan fingerprint density at radius 2 is 1.79 bits per heavy atom. The number of primary amides is 1. The minimum absolute atomic E-state index is 0.158. The predicted octanol–water partition coefficient (Wildman–Crippen LogP) is 1.62. The molecule has 7 heteroatoms. The van der Waals surface area contributed by atoms with Gasteiger partial charge in [-0.3, -0.25) is 9.59 Å². The van der Waals surface area contributed by atoms with Crippen molar-refractivity contribution in [2.45, 2.75) is 12.5 Å². The number of amides is 1. The highest BCUT2D eigenvalue weighted by molar-refractivity contribution is 5.98. The minimum Gasteiger partial charge on any atom is -0.493 e. The summed E-state index contributed by atoms with van der Waals surface area (Å²) < 4.78 is 15.5. The van der Waals surface area contributed by atoms with E-state index in [0.717, 1.165) is 6.92 Å². The molecule has 0 spiro atoms. The van der Waals surface area contributed by atoms with E-state index in [1.54, 1.807) is 30.3 Å². The summed E-state index contributed by atoms with van der Waals surface area (Å²) in [5.41, 5.74) is 3.31. The van der Waals surface area contributed by atoms with E-state index in [-0.39, 0.29) is 5.56 Å². The summed E-state index contributed by atoms with van der Waals surface area (Å²) in [4.78, 5) is 23.4. The second-order valence-corrected chi connectivity index (χ2v) is 4.98. The summed E-state index contributed by atoms with van der Waals surface area (Å²) in [6, 6.07) is 9.91. The van der Waals surface area contributed by atoms with Gasteiger partial charge in [-0.25, -0.2) is 0 Å². The number of fused-ring (bicyclic) bond motifs is 1. The van der Waals surface area contributed by atoms with E-state index < -0.39 is 17.5 Å². The average Bonchev–Trinajstić information content (AvgIpc) is 2.57. The number of rotatable bonds is 5. The Morgan fingerprint density at radius 3 is 2.29 bits per heavy atom. The Labute approximate surface area is 138 Å². The zero-order valence-corrected chi connectivity index (χ0v) is 13.5. The monoisotopic (exact) mass is 328 g/mol. The van der Waals surface area contributed by atoms with Gasteiger partial charge >= 0.3 is 11.6 Å². The number of carbonyl (C=O) groups is 2. The predicted molar refractivity (Wildman–Crippen MR) is 85.3 cm³/mol. The van der Waals surface area contributed by atoms with Crippen molar-refractivity contribution in [1.82, 2.24) is 0 Å². The molecule has 1 atom stereocenters. The van der Waals surface area contributed by atoms with Crippen molar-refractivity contribution < 1.29 is 23.8 Å². The van der Waals surface area contributed by atoms with E-state index >= 15 is 0 Å². The van der Waals surface area contributed by atoms with Crippen molar-refractivity contribution in [2.75, 3.05) is 14.2 Å². The topological polar surface area (TPSA) is 112 Å². The van der Waals surface area contributed by atoms with Crippen LogP contribution in [0, 0.1) is 11.3 Å². The van der Waals surface area contributed by atoms with Gasteiger partial charge in [-0.1, -0.05) is 18.2 Å². The highest BCUT2D eigenvalue weighted by Crippen LogP contribution is 2.38. The molecule has 0 heterocycles. The van der Waals surface area contributed by atoms with Crippen LogP contribution in [-0.4, -0.2) is 26.1 Å². The Bertz CT molecular complexity index is 856. The molecule has 0 saturated carbocycles. The summed E-state index contributed by atoms with van der Waals surface area (Å²) in [5.74, 6) is -0.997. The van der Waals surface area contributed by atoms with Crippen molar-refractivity contribution in [3.63, 3.8) is 0 Å². The second-order valence-electron chi connectivity index (χ2n) is 4.98. The molecule has 2 rings (SSSR count). The van der Waals surface area contributed by atoms with Gasteiger partial charge in [-0.05, 0) is 22.9 Å². The van der Waals surface area contributed by atoms with Crippen LogP contribution in [0.2, 0.25) is 0 Å². The van der Waals surface area contributed by atoms with Crippen molar-refractivity contribution in [3.8, 4) is 17.6 Å². The molecule has 124 valence electrons. The lowest BCUT2D eigenvalue weighted by Crippen LogP contribution is -2.43. The molecule has 0 bridgehead atoms. The number of hydrogen-bond acceptors (Lipinski definition) is 6. The summed E-state index contributed by atoms with van der Waals surface area (Å²) >= 11 is 0. The lowest BCUT2D eigenvalue weighted by atomic mass is 9.89. The molecule has 0 fully saturated rings. The number of nitriles is 1. The molecule has 2 aromatic carbocycles. The smallest absolute Gasteiger partial charge is 0.304 e. The third-order valence-electron chi connectivity index (χ3n) is 3.57. The van der Waals surface area contributed by atoms with Gasteiger partial charge in [0.25, 0.3) is 5.91 Å². The number of benzene rings is 2. The van der Waals surface area contributed by atoms with Gasteiger partial charge in [0.05, 0.1) is 14.2 Å². The van der Waals surface area contributed by atoms with Crippen LogP contribution in [0.25, 0.3) is 10.8 Å². The van der Waals surface area contributed by atoms with Crippen LogP contribution >= 0.6 is 0 Å². The third kappa shape index (κ3) is 2.70. The van der Waals surface area contributed by atoms with Crippen LogP contribution in [0.4, 0.5) is 0 Å². The maximum atomic E-state index is 12.0. The second kappa shape index (κ2) is 6.46. The Morgan fingerprint density at radius 1 is 1.17 bits per heavy atom. The number of esters is 1. The zero-order valence-electron chi connectivity index (χ0n) is 13.5. The maximum Gasteiger partial charge on any atom is 0.304 e. The van der Waals surface area contributed by atoms with Crippen LogP contribution in [-0.2, 0) is 19.9 Å². The maximum absolute atomic E-state index is 12.0. The number of methoxy groups -OCH3 is 2. The molecule has 24 heavy (non-hydrogen) atoms. The lowest BCUT2D eigenvalue weighted by molar-refractivity contribution is -0.160. The van der Waals surface area contributed by atoms with E-state index in [0.29, 0.717) is 22.3 Å². The van der Waals surface area contributed by atoms with Crippen molar-refractivity contribution in [2.24, 2.45) is 5.73 Å². The number of hydrogen-bond donors (Lipinski definition) is 1. The quantitative estimate of drug-likeness (QED) is 0.835. The van der Waals surface area contributed by atoms with Gasteiger partial charge in [0.2, 0.25) is 0 Å². The number of nitrogens with two attached hydrogens (primary N) is 1. The zero-order chi connectivity index (χ0) is 17.9. The molecule has 0 aliphatic heterocycles. The van der Waals surface area contributed by atoms with Crippen LogP contribution in [0.15, 0.2) is 30.3 Å². The molecule has 0 saturated heterocycles. The standard InChI is InChI=1S/C17H16N2O5/c1-10(20)24-17(9-18,16(19)21)13-6-4-5-11-7-14(22-2)15(23-3)8-12(11)13/h4-8H,1-3H3,(H2,19,21). The van der Waals surface area contributed by atoms with Crippen molar-refractivity contribution in [1.29, 1.82) is 5.26 Å². The van der Waals surface area contributed by atoms with E-state index in [9.17, 15) is 14.9 Å². The average molecular weight is 328 g/mol. The van der Waals surface area contributed by atoms with Gasteiger partial charge in [0.15, 0.2) is 11.5 Å². The molecule has 2 N–H and O–H groups in total. The van der Waals surface area contributed by atoms with E-state index in [1.807, 2.05) is 0 Å². The first-order valence-electron chi connectivity index (χ1n) is 6.95. The van der Waals surface area contributed by atoms with E-state index in [1.165, 1.54) is 20.3 Å². The van der Waals surface area contributed by atoms with Crippen molar-refractivity contribution in [3.05, 3.63) is 35.9 Å². The summed E-state index contributed by atoms with van der Waals surface area (Å²) in [7, 11) is 2.96. The fraction of sp³-hybridized carbons (Fsp3) is 0.235. The fourth-order valence-corrected chi connectivity index (χ4v) is 2.50. The van der Waals surface area contributed by atoms with Gasteiger partial charge in [-0.15, -0.1) is 0 Å². The first-order valence-corrected chi connectivity index (χ1v) is 6.95. The van der Waals surface area contributed by atoms with Crippen LogP contribution in [0.5, 0.6) is 11.5 Å². The van der Waals surface area contributed by atoms with Gasteiger partial charge in [-0.2, -0.15) is 5.26 Å². The largest absolute Gasteiger partial charge is 0.493 e. The van der Waals surface area contributed by atoms with Gasteiger partial charge in [0.1, 0.15) is 6.07 Å². The summed E-state index contributed by atoms with van der Waals surface area (Å²) in [6.07, 6.45) is 0. The normalized spacial score (nSPS) is 12.8. The SMILES string of the molecule is COc1cc2cccc(C(C#N)(OC(C)=O)C(N)=O)c2cc1OC. The van der Waals surface area contributed by atoms with E-state index in [4.69, 9.17) is 19.9 Å². The minimum atomic E-state index is -2.23.